The Hall–Kier alpha value is -1.56. The van der Waals surface area contributed by atoms with Gasteiger partial charge in [0, 0.05) is 26.4 Å². The van der Waals surface area contributed by atoms with Crippen molar-refractivity contribution in [3.05, 3.63) is 29.3 Å². The van der Waals surface area contributed by atoms with Crippen LogP contribution in [0.15, 0.2) is 28.1 Å². The van der Waals surface area contributed by atoms with Gasteiger partial charge in [-0.05, 0) is 36.5 Å². The van der Waals surface area contributed by atoms with E-state index in [-0.39, 0.29) is 0 Å². The molecule has 0 aromatic heterocycles. The molecule has 1 saturated carbocycles. The first-order valence-electron chi connectivity index (χ1n) is 7.64. The van der Waals surface area contributed by atoms with E-state index >= 15 is 0 Å². The Morgan fingerprint density at radius 1 is 1.32 bits per heavy atom. The second-order valence-electron chi connectivity index (χ2n) is 5.96. The molecule has 0 aliphatic heterocycles. The lowest BCUT2D eigenvalue weighted by atomic mass is 10.1. The fourth-order valence-corrected chi connectivity index (χ4v) is 3.40. The van der Waals surface area contributed by atoms with Crippen LogP contribution in [0.25, 0.3) is 0 Å². The van der Waals surface area contributed by atoms with E-state index in [0.717, 1.165) is 29.5 Å². The summed E-state index contributed by atoms with van der Waals surface area (Å²) in [5.74, 6) is 1.68. The quantitative estimate of drug-likeness (QED) is 0.619. The molecular weight excluding hydrogens is 298 g/mol. The molecule has 1 aromatic carbocycles. The Bertz CT molecular complexity index is 649. The van der Waals surface area contributed by atoms with Crippen molar-refractivity contribution in [2.75, 3.05) is 19.8 Å². The van der Waals surface area contributed by atoms with E-state index in [0.29, 0.717) is 11.4 Å². The summed E-state index contributed by atoms with van der Waals surface area (Å²) in [5, 5.41) is 6.56. The van der Waals surface area contributed by atoms with Crippen molar-refractivity contribution in [3.63, 3.8) is 0 Å². The number of aliphatic imine (C=N–C) groups is 1. The Balaban J connectivity index is 1.88. The highest BCUT2D eigenvalue weighted by Gasteiger charge is 2.20. The molecule has 122 valence electrons. The first-order valence-corrected chi connectivity index (χ1v) is 9.53. The number of rotatable bonds is 6. The van der Waals surface area contributed by atoms with Gasteiger partial charge in [-0.2, -0.15) is 0 Å². The Labute approximate surface area is 133 Å². The maximum atomic E-state index is 11.6. The van der Waals surface area contributed by atoms with Crippen LogP contribution in [0, 0.1) is 12.8 Å². The molecule has 6 heteroatoms. The van der Waals surface area contributed by atoms with Gasteiger partial charge in [0.05, 0.1) is 4.90 Å². The monoisotopic (exact) mass is 323 g/mol. The standard InChI is InChI=1S/C16H25N3O2S/c1-12-10-14(6-7-15(12)22(3,20)21)11-19-16(17-2)18-9-8-13-4-5-13/h6-7,10,13H,4-5,8-9,11H2,1-3H3,(H2,17,18,19). The van der Waals surface area contributed by atoms with Crippen molar-refractivity contribution in [2.45, 2.75) is 37.6 Å². The molecule has 0 atom stereocenters. The molecule has 1 aromatic rings. The molecule has 0 heterocycles. The summed E-state index contributed by atoms with van der Waals surface area (Å²) in [6.07, 6.45) is 5.15. The first-order chi connectivity index (χ1) is 10.4. The van der Waals surface area contributed by atoms with Crippen LogP contribution < -0.4 is 10.6 Å². The van der Waals surface area contributed by atoms with Crippen LogP contribution in [0.4, 0.5) is 0 Å². The van der Waals surface area contributed by atoms with Gasteiger partial charge in [-0.1, -0.05) is 25.0 Å². The van der Waals surface area contributed by atoms with Crippen molar-refractivity contribution in [2.24, 2.45) is 10.9 Å². The lowest BCUT2D eigenvalue weighted by Gasteiger charge is -2.13. The molecule has 5 nitrogen and oxygen atoms in total. The lowest BCUT2D eigenvalue weighted by Crippen LogP contribution is -2.37. The molecule has 1 aliphatic carbocycles. The summed E-state index contributed by atoms with van der Waals surface area (Å²) in [7, 11) is -1.40. The van der Waals surface area contributed by atoms with Crippen LogP contribution in [-0.2, 0) is 16.4 Å². The third-order valence-electron chi connectivity index (χ3n) is 3.86. The van der Waals surface area contributed by atoms with Crippen molar-refractivity contribution in [3.8, 4) is 0 Å². The van der Waals surface area contributed by atoms with Gasteiger partial charge in [0.15, 0.2) is 15.8 Å². The number of guanidine groups is 1. The predicted octanol–water partition coefficient (Wildman–Crippen LogP) is 1.86. The normalized spacial score (nSPS) is 15.7. The predicted molar refractivity (Wildman–Crippen MR) is 89.8 cm³/mol. The smallest absolute Gasteiger partial charge is 0.191 e. The second kappa shape index (κ2) is 7.13. The third-order valence-corrected chi connectivity index (χ3v) is 5.12. The van der Waals surface area contributed by atoms with Crippen LogP contribution in [0.2, 0.25) is 0 Å². The highest BCUT2D eigenvalue weighted by molar-refractivity contribution is 7.90. The van der Waals surface area contributed by atoms with Gasteiger partial charge in [0.25, 0.3) is 0 Å². The van der Waals surface area contributed by atoms with Gasteiger partial charge in [0.2, 0.25) is 0 Å². The maximum absolute atomic E-state index is 11.6. The van der Waals surface area contributed by atoms with E-state index in [2.05, 4.69) is 15.6 Å². The summed E-state index contributed by atoms with van der Waals surface area (Å²) in [5.41, 5.74) is 1.81. The van der Waals surface area contributed by atoms with Crippen LogP contribution in [0.1, 0.15) is 30.4 Å². The minimum absolute atomic E-state index is 0.392. The Morgan fingerprint density at radius 2 is 2.05 bits per heavy atom. The Kier molecular flexibility index (Phi) is 5.45. The molecular formula is C16H25N3O2S. The molecule has 1 aliphatic rings. The largest absolute Gasteiger partial charge is 0.356 e. The average molecular weight is 323 g/mol. The molecule has 1 fully saturated rings. The number of hydrogen-bond acceptors (Lipinski definition) is 3. The van der Waals surface area contributed by atoms with Gasteiger partial charge in [-0.3, -0.25) is 4.99 Å². The van der Waals surface area contributed by atoms with Crippen LogP contribution in [0.5, 0.6) is 0 Å². The minimum Gasteiger partial charge on any atom is -0.356 e. The number of sulfone groups is 1. The van der Waals surface area contributed by atoms with E-state index in [1.165, 1.54) is 25.5 Å². The van der Waals surface area contributed by atoms with Crippen molar-refractivity contribution >= 4 is 15.8 Å². The highest BCUT2D eigenvalue weighted by Crippen LogP contribution is 2.31. The van der Waals surface area contributed by atoms with E-state index in [1.54, 1.807) is 13.1 Å². The van der Waals surface area contributed by atoms with Crippen molar-refractivity contribution in [1.82, 2.24) is 10.6 Å². The van der Waals surface area contributed by atoms with Gasteiger partial charge in [-0.15, -0.1) is 0 Å². The van der Waals surface area contributed by atoms with Crippen LogP contribution in [-0.4, -0.2) is 34.2 Å². The van der Waals surface area contributed by atoms with E-state index < -0.39 is 9.84 Å². The summed E-state index contributed by atoms with van der Waals surface area (Å²) >= 11 is 0. The van der Waals surface area contributed by atoms with E-state index in [4.69, 9.17) is 0 Å². The van der Waals surface area contributed by atoms with Crippen molar-refractivity contribution in [1.29, 1.82) is 0 Å². The zero-order chi connectivity index (χ0) is 16.2. The van der Waals surface area contributed by atoms with Gasteiger partial charge >= 0.3 is 0 Å². The zero-order valence-electron chi connectivity index (χ0n) is 13.5. The summed E-state index contributed by atoms with van der Waals surface area (Å²) in [6, 6.07) is 5.42. The number of aryl methyl sites for hydroxylation is 1. The Morgan fingerprint density at radius 3 is 2.59 bits per heavy atom. The molecule has 0 radical (unpaired) electrons. The molecule has 0 bridgehead atoms. The molecule has 0 saturated heterocycles. The molecule has 2 N–H and O–H groups in total. The fourth-order valence-electron chi connectivity index (χ4n) is 2.45. The van der Waals surface area contributed by atoms with Gasteiger partial charge in [0.1, 0.15) is 0 Å². The maximum Gasteiger partial charge on any atom is 0.191 e. The minimum atomic E-state index is -3.16. The molecule has 22 heavy (non-hydrogen) atoms. The molecule has 0 unspecified atom stereocenters. The number of nitrogens with zero attached hydrogens (tertiary/aromatic N) is 1. The third kappa shape index (κ3) is 5.02. The summed E-state index contributed by atoms with van der Waals surface area (Å²) in [4.78, 5) is 4.59. The van der Waals surface area contributed by atoms with Crippen LogP contribution in [0.3, 0.4) is 0 Å². The summed E-state index contributed by atoms with van der Waals surface area (Å²) in [6.45, 7) is 3.38. The molecule has 0 spiro atoms. The van der Waals surface area contributed by atoms with E-state index in [1.807, 2.05) is 19.1 Å². The highest BCUT2D eigenvalue weighted by atomic mass is 32.2. The first kappa shape index (κ1) is 16.8. The van der Waals surface area contributed by atoms with Gasteiger partial charge in [-0.25, -0.2) is 8.42 Å². The van der Waals surface area contributed by atoms with Crippen molar-refractivity contribution < 1.29 is 8.42 Å². The second-order valence-corrected chi connectivity index (χ2v) is 7.94. The average Bonchev–Trinajstić information content (AvgIpc) is 3.25. The topological polar surface area (TPSA) is 70.6 Å². The van der Waals surface area contributed by atoms with Crippen LogP contribution >= 0.6 is 0 Å². The number of nitrogens with one attached hydrogen (secondary N) is 2. The molecule has 0 amide bonds. The fraction of sp³-hybridized carbons (Fsp3) is 0.562. The zero-order valence-corrected chi connectivity index (χ0v) is 14.3. The molecule has 2 rings (SSSR count). The number of hydrogen-bond donors (Lipinski definition) is 2. The SMILES string of the molecule is CN=C(NCCC1CC1)NCc1ccc(S(C)(=O)=O)c(C)c1. The lowest BCUT2D eigenvalue weighted by molar-refractivity contribution is 0.601. The van der Waals surface area contributed by atoms with E-state index in [9.17, 15) is 8.42 Å². The summed E-state index contributed by atoms with van der Waals surface area (Å²) < 4.78 is 23.2. The van der Waals surface area contributed by atoms with Gasteiger partial charge < -0.3 is 10.6 Å². The number of benzene rings is 1.